The van der Waals surface area contributed by atoms with Crippen LogP contribution < -0.4 is 16.0 Å². The van der Waals surface area contributed by atoms with Crippen LogP contribution in [0.2, 0.25) is 0 Å². The summed E-state index contributed by atoms with van der Waals surface area (Å²) in [5, 5.41) is 9.24. The van der Waals surface area contributed by atoms with E-state index in [4.69, 9.17) is 9.47 Å². The van der Waals surface area contributed by atoms with Crippen molar-refractivity contribution in [2.45, 2.75) is 76.6 Å². The molecule has 2 aromatic rings. The molecule has 0 saturated heterocycles. The highest BCUT2D eigenvalue weighted by atomic mass is 32.2. The standard InChI is InChI=1S/C26H32N4O7S2/c1-25(2,3)36-23(32)19-16-11-14(12-28-20-15-9-7-8-10-18(15)39(34,35)30-20)27-13-17(16)38-22(19)29-21(31)24(33)37-26(4,5)6/h7-10,14,27H,11-13H2,1-6H3,(H,28,30)(H,29,31). The Balaban J connectivity index is 1.56. The van der Waals surface area contributed by atoms with Crippen molar-refractivity contribution in [3.05, 3.63) is 45.8 Å². The van der Waals surface area contributed by atoms with Gasteiger partial charge in [-0.3, -0.25) is 4.79 Å². The Hall–Kier alpha value is -3.29. The van der Waals surface area contributed by atoms with Gasteiger partial charge in [0.1, 0.15) is 26.9 Å². The third kappa shape index (κ3) is 6.65. The van der Waals surface area contributed by atoms with Gasteiger partial charge in [-0.1, -0.05) is 12.1 Å². The van der Waals surface area contributed by atoms with E-state index < -0.39 is 39.1 Å². The molecular formula is C26H32N4O7S2. The number of amidine groups is 1. The zero-order chi connectivity index (χ0) is 28.8. The fraction of sp³-hybridized carbons (Fsp3) is 0.462. The van der Waals surface area contributed by atoms with Crippen molar-refractivity contribution in [1.82, 2.24) is 10.6 Å². The third-order valence-electron chi connectivity index (χ3n) is 5.65. The van der Waals surface area contributed by atoms with Gasteiger partial charge in [0.05, 0.1) is 5.56 Å². The van der Waals surface area contributed by atoms with Gasteiger partial charge in [-0.15, -0.1) is 15.7 Å². The first-order chi connectivity index (χ1) is 18.0. The van der Waals surface area contributed by atoms with E-state index in [2.05, 4.69) is 20.3 Å². The number of thiophene rings is 1. The molecular weight excluding hydrogens is 544 g/mol. The molecule has 1 atom stereocenters. The molecule has 2 aliphatic rings. The number of amides is 1. The maximum absolute atomic E-state index is 13.3. The normalized spacial score (nSPS) is 17.9. The molecule has 0 spiro atoms. The highest BCUT2D eigenvalue weighted by Gasteiger charge is 2.34. The Morgan fingerprint density at radius 3 is 2.41 bits per heavy atom. The van der Waals surface area contributed by atoms with Crippen LogP contribution in [0.25, 0.3) is 0 Å². The SMILES string of the molecule is CC(C)(C)OC(=O)C(=O)Nc1sc2c(c1C(=O)OC(C)(C)C)CC(CNC1=NS(=O)(=O)c3ccccc31)NC2. The first-order valence-corrected chi connectivity index (χ1v) is 14.6. The molecule has 11 nitrogen and oxygen atoms in total. The molecule has 210 valence electrons. The van der Waals surface area contributed by atoms with Crippen LogP contribution in [-0.4, -0.2) is 55.9 Å². The maximum atomic E-state index is 13.3. The minimum atomic E-state index is -3.75. The number of hydrogen-bond acceptors (Lipinski definition) is 10. The summed E-state index contributed by atoms with van der Waals surface area (Å²) in [6.45, 7) is 10.9. The molecule has 0 bridgehead atoms. The monoisotopic (exact) mass is 576 g/mol. The van der Waals surface area contributed by atoms with Crippen molar-refractivity contribution in [2.75, 3.05) is 11.9 Å². The minimum absolute atomic E-state index is 0.154. The highest BCUT2D eigenvalue weighted by Crippen LogP contribution is 2.38. The van der Waals surface area contributed by atoms with E-state index in [0.717, 1.165) is 4.88 Å². The third-order valence-corrected chi connectivity index (χ3v) is 8.14. The summed E-state index contributed by atoms with van der Waals surface area (Å²) in [5.41, 5.74) is -0.248. The molecule has 2 aliphatic heterocycles. The van der Waals surface area contributed by atoms with Crippen LogP contribution in [0.5, 0.6) is 0 Å². The number of nitrogens with one attached hydrogen (secondary N) is 3. The molecule has 0 fully saturated rings. The summed E-state index contributed by atoms with van der Waals surface area (Å²) >= 11 is 1.19. The van der Waals surface area contributed by atoms with E-state index in [0.29, 0.717) is 30.6 Å². The molecule has 39 heavy (non-hydrogen) atoms. The van der Waals surface area contributed by atoms with Gasteiger partial charge in [0.15, 0.2) is 0 Å². The van der Waals surface area contributed by atoms with Crippen molar-refractivity contribution >= 4 is 50.0 Å². The molecule has 0 radical (unpaired) electrons. The van der Waals surface area contributed by atoms with E-state index in [1.807, 2.05) is 0 Å². The molecule has 3 N–H and O–H groups in total. The average Bonchev–Trinajstić information content (AvgIpc) is 3.29. The summed E-state index contributed by atoms with van der Waals surface area (Å²) in [6.07, 6.45) is 0.386. The largest absolute Gasteiger partial charge is 0.456 e. The van der Waals surface area contributed by atoms with Crippen molar-refractivity contribution in [1.29, 1.82) is 0 Å². The van der Waals surface area contributed by atoms with Gasteiger partial charge in [-0.25, -0.2) is 9.59 Å². The van der Waals surface area contributed by atoms with Gasteiger partial charge in [0.2, 0.25) is 0 Å². The lowest BCUT2D eigenvalue weighted by atomic mass is 9.97. The summed E-state index contributed by atoms with van der Waals surface area (Å²) in [6, 6.07) is 6.40. The maximum Gasteiger partial charge on any atom is 0.397 e. The molecule has 13 heteroatoms. The van der Waals surface area contributed by atoms with Crippen LogP contribution in [0.4, 0.5) is 5.00 Å². The number of benzene rings is 1. The van der Waals surface area contributed by atoms with Gasteiger partial charge >= 0.3 is 17.8 Å². The molecule has 3 heterocycles. The van der Waals surface area contributed by atoms with Gasteiger partial charge in [-0.05, 0) is 65.7 Å². The van der Waals surface area contributed by atoms with Crippen LogP contribution in [0.3, 0.4) is 0 Å². The second-order valence-electron chi connectivity index (χ2n) is 11.2. The highest BCUT2D eigenvalue weighted by molar-refractivity contribution is 7.90. The zero-order valence-electron chi connectivity index (χ0n) is 22.6. The number of rotatable bonds is 4. The molecule has 1 amide bonds. The van der Waals surface area contributed by atoms with Gasteiger partial charge in [0, 0.05) is 29.6 Å². The number of anilines is 1. The van der Waals surface area contributed by atoms with Crippen molar-refractivity contribution in [2.24, 2.45) is 4.40 Å². The predicted octanol–water partition coefficient (Wildman–Crippen LogP) is 2.74. The Morgan fingerprint density at radius 2 is 1.74 bits per heavy atom. The fourth-order valence-electron chi connectivity index (χ4n) is 4.14. The van der Waals surface area contributed by atoms with Crippen molar-refractivity contribution < 1.29 is 32.3 Å². The quantitative estimate of drug-likeness (QED) is 0.368. The Kier molecular flexibility index (Phi) is 7.63. The molecule has 1 unspecified atom stereocenters. The summed E-state index contributed by atoms with van der Waals surface area (Å²) in [7, 11) is -3.75. The predicted molar refractivity (Wildman–Crippen MR) is 146 cm³/mol. The molecule has 4 rings (SSSR count). The van der Waals surface area contributed by atoms with E-state index in [9.17, 15) is 22.8 Å². The van der Waals surface area contributed by atoms with Crippen LogP contribution in [-0.2, 0) is 42.1 Å². The topological polar surface area (TPSA) is 152 Å². The fourth-order valence-corrected chi connectivity index (χ4v) is 6.49. The molecule has 1 aromatic heterocycles. The number of hydrogen-bond donors (Lipinski definition) is 3. The number of esters is 2. The van der Waals surface area contributed by atoms with E-state index in [-0.39, 0.29) is 27.3 Å². The lowest BCUT2D eigenvalue weighted by Gasteiger charge is -2.26. The Labute approximate surface area is 231 Å². The van der Waals surface area contributed by atoms with Crippen LogP contribution >= 0.6 is 11.3 Å². The summed E-state index contributed by atoms with van der Waals surface area (Å²) in [5.74, 6) is -2.40. The Bertz CT molecular complexity index is 1460. The van der Waals surface area contributed by atoms with Crippen LogP contribution in [0, 0.1) is 0 Å². The smallest absolute Gasteiger partial charge is 0.397 e. The van der Waals surface area contributed by atoms with E-state index >= 15 is 0 Å². The summed E-state index contributed by atoms with van der Waals surface area (Å²) in [4.78, 5) is 39.1. The van der Waals surface area contributed by atoms with E-state index in [1.54, 1.807) is 59.7 Å². The number of carbonyl (C=O) groups excluding carboxylic acids is 3. The van der Waals surface area contributed by atoms with E-state index in [1.165, 1.54) is 17.4 Å². The number of fused-ring (bicyclic) bond motifs is 2. The molecule has 1 aromatic carbocycles. The zero-order valence-corrected chi connectivity index (χ0v) is 24.3. The number of nitrogens with zero attached hydrogens (tertiary/aromatic N) is 1. The van der Waals surface area contributed by atoms with Crippen molar-refractivity contribution in [3.8, 4) is 0 Å². The second-order valence-corrected chi connectivity index (χ2v) is 13.9. The summed E-state index contributed by atoms with van der Waals surface area (Å²) < 4.78 is 39.4. The lowest BCUT2D eigenvalue weighted by Crippen LogP contribution is -2.44. The number of carbonyl (C=O) groups is 3. The second kappa shape index (κ2) is 10.4. The average molecular weight is 577 g/mol. The van der Waals surface area contributed by atoms with Gasteiger partial charge < -0.3 is 25.4 Å². The first-order valence-electron chi connectivity index (χ1n) is 12.4. The number of sulfonamides is 1. The first kappa shape index (κ1) is 28.7. The molecule has 0 aliphatic carbocycles. The number of ether oxygens (including phenoxy) is 2. The lowest BCUT2D eigenvalue weighted by molar-refractivity contribution is -0.161. The van der Waals surface area contributed by atoms with Crippen LogP contribution in [0.15, 0.2) is 33.6 Å². The van der Waals surface area contributed by atoms with Crippen LogP contribution in [0.1, 0.15) is 67.9 Å². The van der Waals surface area contributed by atoms with Crippen molar-refractivity contribution in [3.63, 3.8) is 0 Å². The van der Waals surface area contributed by atoms with Gasteiger partial charge in [0.25, 0.3) is 10.0 Å². The van der Waals surface area contributed by atoms with Gasteiger partial charge in [-0.2, -0.15) is 8.42 Å². The molecule has 0 saturated carbocycles. The minimum Gasteiger partial charge on any atom is -0.456 e. The Morgan fingerprint density at radius 1 is 1.08 bits per heavy atom.